The summed E-state index contributed by atoms with van der Waals surface area (Å²) < 4.78 is 2.14. The quantitative estimate of drug-likeness (QED) is 0.794. The van der Waals surface area contributed by atoms with Gasteiger partial charge in [0.05, 0.1) is 12.4 Å². The van der Waals surface area contributed by atoms with E-state index in [2.05, 4.69) is 38.6 Å². The Hall–Kier alpha value is -1.40. The smallest absolute Gasteiger partial charge is 0.237 e. The molecule has 1 N–H and O–H groups in total. The number of imidazole rings is 1. The van der Waals surface area contributed by atoms with Crippen LogP contribution in [0, 0.1) is 10.8 Å². The number of carbonyl (C=O) groups is 1. The number of nitrogens with zero attached hydrogens (tertiary/aromatic N) is 4. The van der Waals surface area contributed by atoms with E-state index in [0.717, 1.165) is 39.0 Å². The number of piperidine rings is 1. The molecule has 150 valence electrons. The summed E-state index contributed by atoms with van der Waals surface area (Å²) in [4.78, 5) is 22.2. The number of amides is 1. The van der Waals surface area contributed by atoms with E-state index < -0.39 is 0 Å². The number of hydrogen-bond acceptors (Lipinski definition) is 4. The van der Waals surface area contributed by atoms with Crippen LogP contribution in [-0.2, 0) is 11.3 Å². The van der Waals surface area contributed by atoms with Crippen molar-refractivity contribution in [3.63, 3.8) is 0 Å². The molecule has 1 aliphatic carbocycles. The molecule has 1 atom stereocenters. The van der Waals surface area contributed by atoms with Gasteiger partial charge in [0, 0.05) is 37.4 Å². The number of hydrogen-bond donors (Lipinski definition) is 1. The zero-order valence-electron chi connectivity index (χ0n) is 17.0. The maximum absolute atomic E-state index is 13.1. The van der Waals surface area contributed by atoms with Gasteiger partial charge in [-0.3, -0.25) is 9.69 Å². The van der Waals surface area contributed by atoms with Gasteiger partial charge < -0.3 is 14.8 Å². The minimum absolute atomic E-state index is 0.0670. The third-order valence-electron chi connectivity index (χ3n) is 7.14. The topological polar surface area (TPSA) is 53.4 Å². The first-order valence-electron chi connectivity index (χ1n) is 10.7. The van der Waals surface area contributed by atoms with Crippen LogP contribution in [0.25, 0.3) is 0 Å². The lowest BCUT2D eigenvalue weighted by atomic mass is 9.76. The predicted octanol–water partition coefficient (Wildman–Crippen LogP) is 1.98. The highest BCUT2D eigenvalue weighted by atomic mass is 16.2. The van der Waals surface area contributed by atoms with Crippen LogP contribution < -0.4 is 5.32 Å². The molecular formula is C21H35N5O. The van der Waals surface area contributed by atoms with Crippen molar-refractivity contribution in [2.75, 3.05) is 39.8 Å². The Kier molecular flexibility index (Phi) is 5.30. The molecule has 1 aromatic heterocycles. The summed E-state index contributed by atoms with van der Waals surface area (Å²) in [6.45, 7) is 8.47. The minimum atomic E-state index is 0.0670. The van der Waals surface area contributed by atoms with Gasteiger partial charge in [-0.1, -0.05) is 6.92 Å². The summed E-state index contributed by atoms with van der Waals surface area (Å²) >= 11 is 0. The van der Waals surface area contributed by atoms with Gasteiger partial charge in [-0.15, -0.1) is 0 Å². The molecule has 0 aromatic carbocycles. The molecule has 0 unspecified atom stereocenters. The Morgan fingerprint density at radius 3 is 2.67 bits per heavy atom. The highest BCUT2D eigenvalue weighted by Gasteiger charge is 2.48. The standard InChI is InChI=1S/C21H35N5O/c1-3-9-26-16-20(6-10-24(2)11-7-20)13-18(26)19(27)23-14-21(4-5-21)15-25-12-8-22-17-25/h8,12,17-18H,3-7,9-11,13-16H2,1-2H3,(H,23,27)/t18-/m1/s1. The van der Waals surface area contributed by atoms with Gasteiger partial charge in [0.25, 0.3) is 0 Å². The van der Waals surface area contributed by atoms with Crippen LogP contribution in [-0.4, -0.2) is 71.1 Å². The number of carbonyl (C=O) groups excluding carboxylic acids is 1. The van der Waals surface area contributed by atoms with Crippen LogP contribution in [0.3, 0.4) is 0 Å². The number of aromatic nitrogens is 2. The molecule has 1 spiro atoms. The van der Waals surface area contributed by atoms with Crippen molar-refractivity contribution in [1.82, 2.24) is 24.7 Å². The van der Waals surface area contributed by atoms with Crippen LogP contribution in [0.15, 0.2) is 18.7 Å². The highest BCUT2D eigenvalue weighted by molar-refractivity contribution is 5.82. The highest BCUT2D eigenvalue weighted by Crippen LogP contribution is 2.47. The normalized spacial score (nSPS) is 27.1. The second-order valence-electron chi connectivity index (χ2n) is 9.45. The van der Waals surface area contributed by atoms with E-state index in [4.69, 9.17) is 0 Å². The predicted molar refractivity (Wildman–Crippen MR) is 106 cm³/mol. The monoisotopic (exact) mass is 373 g/mol. The SMILES string of the molecule is CCCN1CC2(CCN(C)CC2)C[C@@H]1C(=O)NCC1(Cn2ccnc2)CC1. The third-order valence-corrected chi connectivity index (χ3v) is 7.14. The van der Waals surface area contributed by atoms with Crippen molar-refractivity contribution < 1.29 is 4.79 Å². The van der Waals surface area contributed by atoms with Crippen molar-refractivity contribution in [3.05, 3.63) is 18.7 Å². The molecule has 27 heavy (non-hydrogen) atoms. The molecule has 1 amide bonds. The third kappa shape index (κ3) is 4.21. The van der Waals surface area contributed by atoms with E-state index in [9.17, 15) is 4.79 Å². The molecule has 2 saturated heterocycles. The average Bonchev–Trinajstić information content (AvgIpc) is 3.06. The Morgan fingerprint density at radius 1 is 1.26 bits per heavy atom. The zero-order chi connectivity index (χ0) is 18.9. The molecular weight excluding hydrogens is 338 g/mol. The number of likely N-dealkylation sites (tertiary alicyclic amines) is 2. The second kappa shape index (κ2) is 7.55. The van der Waals surface area contributed by atoms with E-state index in [0.29, 0.717) is 5.41 Å². The van der Waals surface area contributed by atoms with E-state index in [1.165, 1.54) is 38.8 Å². The minimum Gasteiger partial charge on any atom is -0.354 e. The Morgan fingerprint density at radius 2 is 2.04 bits per heavy atom. The van der Waals surface area contributed by atoms with Gasteiger partial charge >= 0.3 is 0 Å². The fourth-order valence-corrected chi connectivity index (χ4v) is 5.11. The first kappa shape index (κ1) is 18.9. The van der Waals surface area contributed by atoms with Gasteiger partial charge in [0.2, 0.25) is 5.91 Å². The fourth-order valence-electron chi connectivity index (χ4n) is 5.11. The largest absolute Gasteiger partial charge is 0.354 e. The van der Waals surface area contributed by atoms with Crippen LogP contribution in [0.1, 0.15) is 45.4 Å². The second-order valence-corrected chi connectivity index (χ2v) is 9.45. The van der Waals surface area contributed by atoms with Crippen molar-refractivity contribution >= 4 is 5.91 Å². The van der Waals surface area contributed by atoms with Crippen LogP contribution in [0.5, 0.6) is 0 Å². The van der Waals surface area contributed by atoms with E-state index in [1.54, 1.807) is 0 Å². The van der Waals surface area contributed by atoms with Gasteiger partial charge in [-0.25, -0.2) is 4.98 Å². The van der Waals surface area contributed by atoms with Gasteiger partial charge in [-0.2, -0.15) is 0 Å². The summed E-state index contributed by atoms with van der Waals surface area (Å²) in [7, 11) is 2.21. The first-order chi connectivity index (χ1) is 13.0. The summed E-state index contributed by atoms with van der Waals surface area (Å²) in [5.41, 5.74) is 0.605. The van der Waals surface area contributed by atoms with E-state index >= 15 is 0 Å². The summed E-state index contributed by atoms with van der Waals surface area (Å²) in [5, 5.41) is 3.33. The summed E-state index contributed by atoms with van der Waals surface area (Å²) in [6.07, 6.45) is 12.8. The summed E-state index contributed by atoms with van der Waals surface area (Å²) in [6, 6.07) is 0.0670. The van der Waals surface area contributed by atoms with Crippen LogP contribution in [0.4, 0.5) is 0 Å². The zero-order valence-corrected chi connectivity index (χ0v) is 17.0. The molecule has 3 aliphatic rings. The molecule has 1 aromatic rings. The van der Waals surface area contributed by atoms with Crippen LogP contribution >= 0.6 is 0 Å². The van der Waals surface area contributed by atoms with E-state index in [1.807, 2.05) is 18.7 Å². The lowest BCUT2D eigenvalue weighted by Crippen LogP contribution is -2.45. The molecule has 6 heteroatoms. The Labute approximate surface area is 163 Å². The Balaban J connectivity index is 1.35. The molecule has 3 fully saturated rings. The van der Waals surface area contributed by atoms with Crippen molar-refractivity contribution in [1.29, 1.82) is 0 Å². The van der Waals surface area contributed by atoms with Crippen LogP contribution in [0.2, 0.25) is 0 Å². The number of nitrogens with one attached hydrogen (secondary N) is 1. The van der Waals surface area contributed by atoms with Crippen molar-refractivity contribution in [3.8, 4) is 0 Å². The maximum atomic E-state index is 13.1. The first-order valence-corrected chi connectivity index (χ1v) is 10.7. The lowest BCUT2D eigenvalue weighted by Gasteiger charge is -2.37. The summed E-state index contributed by atoms with van der Waals surface area (Å²) in [5.74, 6) is 0.260. The van der Waals surface area contributed by atoms with Crippen molar-refractivity contribution in [2.45, 2.75) is 58.0 Å². The molecule has 2 aliphatic heterocycles. The Bertz CT molecular complexity index is 631. The molecule has 0 bridgehead atoms. The molecule has 4 rings (SSSR count). The molecule has 1 saturated carbocycles. The number of rotatable bonds is 7. The molecule has 6 nitrogen and oxygen atoms in total. The van der Waals surface area contributed by atoms with Gasteiger partial charge in [-0.05, 0) is 70.6 Å². The molecule has 0 radical (unpaired) electrons. The molecule has 3 heterocycles. The maximum Gasteiger partial charge on any atom is 0.237 e. The fraction of sp³-hybridized carbons (Fsp3) is 0.810. The average molecular weight is 374 g/mol. The lowest BCUT2D eigenvalue weighted by molar-refractivity contribution is -0.125. The van der Waals surface area contributed by atoms with Gasteiger partial charge in [0.1, 0.15) is 0 Å². The van der Waals surface area contributed by atoms with E-state index in [-0.39, 0.29) is 17.4 Å². The van der Waals surface area contributed by atoms with Crippen molar-refractivity contribution in [2.24, 2.45) is 10.8 Å². The van der Waals surface area contributed by atoms with Gasteiger partial charge in [0.15, 0.2) is 0 Å².